The molecule has 4 heteroatoms. The first kappa shape index (κ1) is 20.8. The van der Waals surface area contributed by atoms with E-state index < -0.39 is 11.6 Å². The molecule has 0 bridgehead atoms. The van der Waals surface area contributed by atoms with Crippen LogP contribution in [0.1, 0.15) is 74.9 Å². The first-order chi connectivity index (χ1) is 12.6. The van der Waals surface area contributed by atoms with Gasteiger partial charge >= 0.3 is 5.97 Å². The van der Waals surface area contributed by atoms with Crippen LogP contribution in [-0.4, -0.2) is 21.8 Å². The molecule has 0 fully saturated rings. The summed E-state index contributed by atoms with van der Waals surface area (Å²) in [6.45, 7) is 10.1. The third kappa shape index (κ3) is 5.25. The van der Waals surface area contributed by atoms with E-state index in [1.54, 1.807) is 19.1 Å². The minimum atomic E-state index is -1.14. The molecule has 0 saturated heterocycles. The summed E-state index contributed by atoms with van der Waals surface area (Å²) in [5.41, 5.74) is 3.10. The van der Waals surface area contributed by atoms with Gasteiger partial charge in [0.2, 0.25) is 0 Å². The van der Waals surface area contributed by atoms with Crippen molar-refractivity contribution in [2.75, 3.05) is 0 Å². The Morgan fingerprint density at radius 1 is 1.22 bits per heavy atom. The molecule has 4 nitrogen and oxygen atoms in total. The largest absolute Gasteiger partial charge is 0.506 e. The number of carboxylic acid groups (broad SMARTS) is 1. The van der Waals surface area contributed by atoms with Gasteiger partial charge in [-0.2, -0.15) is 0 Å². The lowest BCUT2D eigenvalue weighted by molar-refractivity contribution is 0.0692. The SMILES string of the molecule is CC(C)=CCCC(C)=CCC[C@@]1(C)C=Cc2c(cc(C)c(C(=O)O)c2O)O1. The summed E-state index contributed by atoms with van der Waals surface area (Å²) in [7, 11) is 0. The molecule has 0 spiro atoms. The number of hydrogen-bond acceptors (Lipinski definition) is 3. The Kier molecular flexibility index (Phi) is 6.53. The summed E-state index contributed by atoms with van der Waals surface area (Å²) in [4.78, 5) is 11.3. The van der Waals surface area contributed by atoms with Gasteiger partial charge in [-0.1, -0.05) is 23.3 Å². The third-order valence-corrected chi connectivity index (χ3v) is 4.88. The second-order valence-corrected chi connectivity index (χ2v) is 7.79. The fourth-order valence-corrected chi connectivity index (χ4v) is 3.28. The maximum Gasteiger partial charge on any atom is 0.339 e. The van der Waals surface area contributed by atoms with E-state index in [0.717, 1.165) is 25.7 Å². The molecule has 1 aliphatic rings. The summed E-state index contributed by atoms with van der Waals surface area (Å²) in [6.07, 6.45) is 12.0. The Balaban J connectivity index is 2.07. The number of phenols is 1. The van der Waals surface area contributed by atoms with Crippen molar-refractivity contribution in [2.45, 2.75) is 65.9 Å². The number of aryl methyl sites for hydroxylation is 1. The summed E-state index contributed by atoms with van der Waals surface area (Å²) in [5, 5.41) is 19.6. The van der Waals surface area contributed by atoms with Crippen LogP contribution in [0.5, 0.6) is 11.5 Å². The Labute approximate surface area is 161 Å². The molecule has 27 heavy (non-hydrogen) atoms. The van der Waals surface area contributed by atoms with Crippen LogP contribution >= 0.6 is 0 Å². The van der Waals surface area contributed by atoms with Gasteiger partial charge in [-0.15, -0.1) is 0 Å². The maximum absolute atomic E-state index is 11.3. The quantitative estimate of drug-likeness (QED) is 0.575. The summed E-state index contributed by atoms with van der Waals surface area (Å²) in [6, 6.07) is 1.70. The number of allylic oxidation sites excluding steroid dienone is 4. The molecule has 1 aliphatic heterocycles. The van der Waals surface area contributed by atoms with Gasteiger partial charge in [-0.25, -0.2) is 4.79 Å². The number of aromatic carboxylic acids is 1. The molecule has 0 aliphatic carbocycles. The summed E-state index contributed by atoms with van der Waals surface area (Å²) in [5.74, 6) is -0.835. The van der Waals surface area contributed by atoms with Crippen LogP contribution < -0.4 is 4.74 Å². The van der Waals surface area contributed by atoms with E-state index >= 15 is 0 Å². The van der Waals surface area contributed by atoms with Gasteiger partial charge in [0.05, 0.1) is 5.56 Å². The Hall–Kier alpha value is -2.49. The fraction of sp³-hybridized carbons (Fsp3) is 0.435. The van der Waals surface area contributed by atoms with Crippen LogP contribution in [-0.2, 0) is 0 Å². The van der Waals surface area contributed by atoms with Crippen LogP contribution in [0.3, 0.4) is 0 Å². The molecule has 2 rings (SSSR count). The molecular formula is C23H30O4. The van der Waals surface area contributed by atoms with Gasteiger partial charge in [0, 0.05) is 0 Å². The van der Waals surface area contributed by atoms with E-state index in [-0.39, 0.29) is 11.3 Å². The van der Waals surface area contributed by atoms with Crippen molar-refractivity contribution in [1.82, 2.24) is 0 Å². The Bertz CT molecular complexity index is 810. The third-order valence-electron chi connectivity index (χ3n) is 4.88. The lowest BCUT2D eigenvalue weighted by Gasteiger charge is -2.32. The highest BCUT2D eigenvalue weighted by Gasteiger charge is 2.30. The molecule has 2 N–H and O–H groups in total. The Morgan fingerprint density at radius 3 is 2.56 bits per heavy atom. The molecule has 0 radical (unpaired) electrons. The van der Waals surface area contributed by atoms with E-state index in [4.69, 9.17) is 4.74 Å². The van der Waals surface area contributed by atoms with Crippen molar-refractivity contribution in [1.29, 1.82) is 0 Å². The number of fused-ring (bicyclic) bond motifs is 1. The number of carbonyl (C=O) groups is 1. The van der Waals surface area contributed by atoms with Crippen molar-refractivity contribution in [2.24, 2.45) is 0 Å². The van der Waals surface area contributed by atoms with Crippen LogP contribution in [0.15, 0.2) is 35.4 Å². The van der Waals surface area contributed by atoms with E-state index in [1.807, 2.05) is 13.0 Å². The number of aromatic hydroxyl groups is 1. The van der Waals surface area contributed by atoms with E-state index in [2.05, 4.69) is 32.9 Å². The van der Waals surface area contributed by atoms with Crippen molar-refractivity contribution < 1.29 is 19.7 Å². The van der Waals surface area contributed by atoms with Crippen LogP contribution in [0, 0.1) is 6.92 Å². The highest BCUT2D eigenvalue weighted by atomic mass is 16.5. The molecule has 0 amide bonds. The molecule has 1 heterocycles. The zero-order valence-corrected chi connectivity index (χ0v) is 16.9. The molecule has 1 aromatic rings. The molecule has 1 aromatic carbocycles. The maximum atomic E-state index is 11.3. The molecule has 0 aromatic heterocycles. The van der Waals surface area contributed by atoms with Crippen LogP contribution in [0.4, 0.5) is 0 Å². The van der Waals surface area contributed by atoms with Crippen molar-refractivity contribution in [3.05, 3.63) is 52.1 Å². The Morgan fingerprint density at radius 2 is 1.93 bits per heavy atom. The van der Waals surface area contributed by atoms with Crippen molar-refractivity contribution in [3.8, 4) is 11.5 Å². The molecule has 146 valence electrons. The molecule has 1 atom stereocenters. The summed E-state index contributed by atoms with van der Waals surface area (Å²) < 4.78 is 6.13. The van der Waals surface area contributed by atoms with Gasteiger partial charge < -0.3 is 14.9 Å². The average Bonchev–Trinajstić information content (AvgIpc) is 2.53. The lowest BCUT2D eigenvalue weighted by atomic mass is 9.92. The predicted octanol–water partition coefficient (Wildman–Crippen LogP) is 6.04. The van der Waals surface area contributed by atoms with E-state index in [9.17, 15) is 15.0 Å². The van der Waals surface area contributed by atoms with Crippen molar-refractivity contribution in [3.63, 3.8) is 0 Å². The zero-order chi connectivity index (χ0) is 20.2. The minimum absolute atomic E-state index is 0.0690. The van der Waals surface area contributed by atoms with Crippen LogP contribution in [0.2, 0.25) is 0 Å². The van der Waals surface area contributed by atoms with E-state index in [1.165, 1.54) is 11.1 Å². The van der Waals surface area contributed by atoms with Gasteiger partial charge in [-0.3, -0.25) is 0 Å². The standard InChI is InChI=1S/C23H30O4/c1-15(2)8-6-9-16(3)10-7-12-23(5)13-11-18-19(27-23)14-17(4)20(21(18)24)22(25)26/h8,10-11,13-14,24H,6-7,9,12H2,1-5H3,(H,25,26)/t23-/m0/s1. The summed E-state index contributed by atoms with van der Waals surface area (Å²) >= 11 is 0. The number of carboxylic acids is 1. The zero-order valence-electron chi connectivity index (χ0n) is 16.9. The monoisotopic (exact) mass is 370 g/mol. The van der Waals surface area contributed by atoms with Crippen LogP contribution in [0.25, 0.3) is 6.08 Å². The normalized spacial score (nSPS) is 18.6. The number of hydrogen-bond donors (Lipinski definition) is 2. The smallest absolute Gasteiger partial charge is 0.339 e. The molecule has 0 saturated carbocycles. The van der Waals surface area contributed by atoms with Gasteiger partial charge in [0.15, 0.2) is 0 Å². The first-order valence-electron chi connectivity index (χ1n) is 9.40. The second kappa shape index (κ2) is 8.47. The molecule has 0 unspecified atom stereocenters. The highest BCUT2D eigenvalue weighted by molar-refractivity contribution is 5.95. The first-order valence-corrected chi connectivity index (χ1v) is 9.40. The van der Waals surface area contributed by atoms with Gasteiger partial charge in [0.25, 0.3) is 0 Å². The second-order valence-electron chi connectivity index (χ2n) is 7.79. The molecular weight excluding hydrogens is 340 g/mol. The topological polar surface area (TPSA) is 66.8 Å². The predicted molar refractivity (Wildman–Crippen MR) is 110 cm³/mol. The lowest BCUT2D eigenvalue weighted by Crippen LogP contribution is -2.31. The van der Waals surface area contributed by atoms with Gasteiger partial charge in [0.1, 0.15) is 22.7 Å². The highest BCUT2D eigenvalue weighted by Crippen LogP contribution is 2.41. The van der Waals surface area contributed by atoms with E-state index in [0.29, 0.717) is 16.9 Å². The number of ether oxygens (including phenoxy) is 1. The minimum Gasteiger partial charge on any atom is -0.506 e. The van der Waals surface area contributed by atoms with Crippen molar-refractivity contribution >= 4 is 12.0 Å². The fourth-order valence-electron chi connectivity index (χ4n) is 3.28. The van der Waals surface area contributed by atoms with Gasteiger partial charge in [-0.05, 0) is 84.1 Å². The number of benzene rings is 1. The average molecular weight is 370 g/mol. The number of rotatable bonds is 7.